The van der Waals surface area contributed by atoms with E-state index in [9.17, 15) is 9.59 Å². The van der Waals surface area contributed by atoms with Crippen LogP contribution in [0, 0.1) is 0 Å². The van der Waals surface area contributed by atoms with E-state index in [0.717, 1.165) is 24.1 Å². The zero-order chi connectivity index (χ0) is 20.7. The van der Waals surface area contributed by atoms with E-state index >= 15 is 0 Å². The number of hydrogen-bond acceptors (Lipinski definition) is 3. The van der Waals surface area contributed by atoms with Crippen molar-refractivity contribution in [2.24, 2.45) is 0 Å². The molecule has 0 spiro atoms. The summed E-state index contributed by atoms with van der Waals surface area (Å²) in [6, 6.07) is 19.6. The minimum atomic E-state index is -0.161. The third kappa shape index (κ3) is 3.16. The normalized spacial score (nSPS) is 17.4. The number of aromatic nitrogens is 1. The molecule has 0 aliphatic carbocycles. The number of carbonyl (C=O) groups is 2. The van der Waals surface area contributed by atoms with Gasteiger partial charge in [-0.05, 0) is 54.7 Å². The molecular weight excluding hydrogens is 374 g/mol. The lowest BCUT2D eigenvalue weighted by Crippen LogP contribution is -2.37. The molecule has 2 aliphatic heterocycles. The summed E-state index contributed by atoms with van der Waals surface area (Å²) in [4.78, 5) is 34.3. The summed E-state index contributed by atoms with van der Waals surface area (Å²) >= 11 is 0. The molecule has 1 aromatic heterocycles. The Morgan fingerprint density at radius 2 is 1.67 bits per heavy atom. The van der Waals surface area contributed by atoms with Crippen molar-refractivity contribution >= 4 is 17.5 Å². The Morgan fingerprint density at radius 3 is 2.50 bits per heavy atom. The SMILES string of the molecule is CC1Cc2ccccc2N1C(=O)c1cc(C(=O)N2CCc3ccccc3C2)ccn1. The summed E-state index contributed by atoms with van der Waals surface area (Å²) < 4.78 is 0. The molecule has 5 heteroatoms. The number of hydrogen-bond donors (Lipinski definition) is 0. The molecular formula is C25H23N3O2. The molecule has 0 saturated heterocycles. The number of benzene rings is 2. The number of pyridine rings is 1. The van der Waals surface area contributed by atoms with Crippen molar-refractivity contribution < 1.29 is 9.59 Å². The van der Waals surface area contributed by atoms with Crippen LogP contribution < -0.4 is 4.90 Å². The third-order valence-electron chi connectivity index (χ3n) is 6.07. The summed E-state index contributed by atoms with van der Waals surface area (Å²) in [5, 5.41) is 0. The third-order valence-corrected chi connectivity index (χ3v) is 6.07. The summed E-state index contributed by atoms with van der Waals surface area (Å²) in [6.45, 7) is 3.31. The monoisotopic (exact) mass is 397 g/mol. The summed E-state index contributed by atoms with van der Waals surface area (Å²) in [7, 11) is 0. The fourth-order valence-electron chi connectivity index (χ4n) is 4.53. The molecule has 2 amide bonds. The fourth-order valence-corrected chi connectivity index (χ4v) is 4.53. The van der Waals surface area contributed by atoms with E-state index in [0.29, 0.717) is 24.3 Å². The van der Waals surface area contributed by atoms with Crippen LogP contribution in [0.3, 0.4) is 0 Å². The maximum atomic E-state index is 13.3. The lowest BCUT2D eigenvalue weighted by molar-refractivity contribution is 0.0734. The van der Waals surface area contributed by atoms with Gasteiger partial charge in [-0.15, -0.1) is 0 Å². The molecule has 2 aliphatic rings. The van der Waals surface area contributed by atoms with Crippen LogP contribution in [-0.2, 0) is 19.4 Å². The minimum absolute atomic E-state index is 0.0594. The molecule has 3 aromatic rings. The van der Waals surface area contributed by atoms with Gasteiger partial charge in [-0.3, -0.25) is 14.6 Å². The van der Waals surface area contributed by atoms with E-state index in [-0.39, 0.29) is 17.9 Å². The Morgan fingerprint density at radius 1 is 0.933 bits per heavy atom. The van der Waals surface area contributed by atoms with Gasteiger partial charge in [0, 0.05) is 36.6 Å². The van der Waals surface area contributed by atoms with E-state index < -0.39 is 0 Å². The first-order chi connectivity index (χ1) is 14.6. The number of rotatable bonds is 2. The lowest BCUT2D eigenvalue weighted by Gasteiger charge is -2.29. The quantitative estimate of drug-likeness (QED) is 0.660. The van der Waals surface area contributed by atoms with E-state index in [1.165, 1.54) is 11.1 Å². The Labute approximate surface area is 176 Å². The summed E-state index contributed by atoms with van der Waals surface area (Å²) in [5.41, 5.74) is 5.40. The van der Waals surface area contributed by atoms with Crippen molar-refractivity contribution in [1.29, 1.82) is 0 Å². The molecule has 0 saturated carbocycles. The van der Waals surface area contributed by atoms with Crippen LogP contribution in [0.25, 0.3) is 0 Å². The van der Waals surface area contributed by atoms with Gasteiger partial charge in [0.05, 0.1) is 0 Å². The second-order valence-electron chi connectivity index (χ2n) is 8.03. The molecule has 5 nitrogen and oxygen atoms in total. The number of amides is 2. The van der Waals surface area contributed by atoms with Gasteiger partial charge in [0.2, 0.25) is 0 Å². The first kappa shape index (κ1) is 18.6. The van der Waals surface area contributed by atoms with E-state index in [1.54, 1.807) is 23.2 Å². The van der Waals surface area contributed by atoms with Crippen molar-refractivity contribution in [3.63, 3.8) is 0 Å². The van der Waals surface area contributed by atoms with Crippen LogP contribution >= 0.6 is 0 Å². The maximum absolute atomic E-state index is 13.3. The van der Waals surface area contributed by atoms with Crippen LogP contribution in [0.15, 0.2) is 66.9 Å². The number of nitrogens with zero attached hydrogens (tertiary/aromatic N) is 3. The predicted octanol–water partition coefficient (Wildman–Crippen LogP) is 3.87. The molecule has 0 fully saturated rings. The van der Waals surface area contributed by atoms with E-state index in [2.05, 4.69) is 23.2 Å². The van der Waals surface area contributed by atoms with Crippen LogP contribution in [0.1, 0.15) is 44.5 Å². The van der Waals surface area contributed by atoms with Gasteiger partial charge in [-0.1, -0.05) is 42.5 Å². The highest BCUT2D eigenvalue weighted by atomic mass is 16.2. The number of carbonyl (C=O) groups excluding carboxylic acids is 2. The zero-order valence-corrected chi connectivity index (χ0v) is 16.9. The standard InChI is InChI=1S/C25H23N3O2/c1-17-14-19-7-4-5-9-23(19)28(17)25(30)22-15-20(10-12-26-22)24(29)27-13-11-18-6-2-3-8-21(18)16-27/h2-10,12,15,17H,11,13-14,16H2,1H3. The minimum Gasteiger partial charge on any atom is -0.334 e. The Bertz CT molecular complexity index is 1140. The predicted molar refractivity (Wildman–Crippen MR) is 116 cm³/mol. The van der Waals surface area contributed by atoms with Gasteiger partial charge >= 0.3 is 0 Å². The van der Waals surface area contributed by atoms with Gasteiger partial charge in [-0.25, -0.2) is 0 Å². The van der Waals surface area contributed by atoms with Gasteiger partial charge in [0.15, 0.2) is 0 Å². The average molecular weight is 397 g/mol. The highest BCUT2D eigenvalue weighted by Gasteiger charge is 2.32. The molecule has 1 unspecified atom stereocenters. The summed E-state index contributed by atoms with van der Waals surface area (Å²) in [6.07, 6.45) is 3.24. The molecule has 0 radical (unpaired) electrons. The molecule has 30 heavy (non-hydrogen) atoms. The van der Waals surface area contributed by atoms with Crippen molar-refractivity contribution in [3.8, 4) is 0 Å². The average Bonchev–Trinajstić information content (AvgIpc) is 3.13. The fraction of sp³-hybridized carbons (Fsp3) is 0.240. The van der Waals surface area contributed by atoms with Crippen LogP contribution in [0.2, 0.25) is 0 Å². The van der Waals surface area contributed by atoms with Gasteiger partial charge < -0.3 is 9.80 Å². The van der Waals surface area contributed by atoms with Gasteiger partial charge in [0.25, 0.3) is 11.8 Å². The summed E-state index contributed by atoms with van der Waals surface area (Å²) in [5.74, 6) is -0.220. The first-order valence-corrected chi connectivity index (χ1v) is 10.4. The van der Waals surface area contributed by atoms with Gasteiger partial charge in [0.1, 0.15) is 5.69 Å². The lowest BCUT2D eigenvalue weighted by atomic mass is 9.99. The molecule has 1 atom stereocenters. The number of fused-ring (bicyclic) bond motifs is 2. The molecule has 0 bridgehead atoms. The Kier molecular flexibility index (Phi) is 4.58. The Balaban J connectivity index is 1.40. The molecule has 0 N–H and O–H groups in total. The van der Waals surface area contributed by atoms with Crippen LogP contribution in [-0.4, -0.2) is 34.3 Å². The molecule has 2 aromatic carbocycles. The maximum Gasteiger partial charge on any atom is 0.277 e. The number of anilines is 1. The topological polar surface area (TPSA) is 53.5 Å². The van der Waals surface area contributed by atoms with Crippen molar-refractivity contribution in [3.05, 3.63) is 94.8 Å². The second kappa shape index (κ2) is 7.41. The molecule has 5 rings (SSSR count). The highest BCUT2D eigenvalue weighted by molar-refractivity contribution is 6.07. The first-order valence-electron chi connectivity index (χ1n) is 10.4. The number of para-hydroxylation sites is 1. The van der Waals surface area contributed by atoms with Crippen molar-refractivity contribution in [2.45, 2.75) is 32.4 Å². The van der Waals surface area contributed by atoms with Gasteiger partial charge in [-0.2, -0.15) is 0 Å². The zero-order valence-electron chi connectivity index (χ0n) is 16.9. The second-order valence-corrected chi connectivity index (χ2v) is 8.03. The highest BCUT2D eigenvalue weighted by Crippen LogP contribution is 2.33. The molecule has 3 heterocycles. The van der Waals surface area contributed by atoms with Crippen LogP contribution in [0.4, 0.5) is 5.69 Å². The largest absolute Gasteiger partial charge is 0.334 e. The van der Waals surface area contributed by atoms with Crippen LogP contribution in [0.5, 0.6) is 0 Å². The van der Waals surface area contributed by atoms with Crippen molar-refractivity contribution in [2.75, 3.05) is 11.4 Å². The molecule has 150 valence electrons. The van der Waals surface area contributed by atoms with Crippen molar-refractivity contribution in [1.82, 2.24) is 9.88 Å². The van der Waals surface area contributed by atoms with E-state index in [4.69, 9.17) is 0 Å². The van der Waals surface area contributed by atoms with E-state index in [1.807, 2.05) is 42.2 Å². The Hall–Kier alpha value is -3.47. The smallest absolute Gasteiger partial charge is 0.277 e.